The Morgan fingerprint density at radius 2 is 1.78 bits per heavy atom. The summed E-state index contributed by atoms with van der Waals surface area (Å²) < 4.78 is 28.3. The first-order chi connectivity index (χ1) is 17.4. The third-order valence-electron chi connectivity index (χ3n) is 5.62. The highest BCUT2D eigenvalue weighted by atomic mass is 19.1. The van der Waals surface area contributed by atoms with E-state index < -0.39 is 11.6 Å². The number of anilines is 2. The van der Waals surface area contributed by atoms with Gasteiger partial charge in [-0.15, -0.1) is 12.8 Å². The van der Waals surface area contributed by atoms with Gasteiger partial charge in [-0.25, -0.2) is 8.78 Å². The highest BCUT2D eigenvalue weighted by Crippen LogP contribution is 2.22. The van der Waals surface area contributed by atoms with Gasteiger partial charge >= 0.3 is 0 Å². The van der Waals surface area contributed by atoms with Crippen LogP contribution in [0.5, 0.6) is 0 Å². The Hall–Kier alpha value is -3.93. The van der Waals surface area contributed by atoms with Gasteiger partial charge in [-0.3, -0.25) is 4.79 Å². The number of carbonyl (C=O) groups is 1. The highest BCUT2D eigenvalue weighted by Gasteiger charge is 2.09. The summed E-state index contributed by atoms with van der Waals surface area (Å²) in [5.41, 5.74) is 0.208. The molecule has 1 aromatic carbocycles. The van der Waals surface area contributed by atoms with Gasteiger partial charge in [0.1, 0.15) is 23.3 Å². The van der Waals surface area contributed by atoms with Crippen molar-refractivity contribution in [3.63, 3.8) is 0 Å². The number of carbonyl (C=O) groups excluding carboxylic acids is 1. The largest absolute Gasteiger partial charge is 0.361 e. The zero-order valence-electron chi connectivity index (χ0n) is 20.8. The normalized spacial score (nSPS) is 12.8. The molecule has 0 bridgehead atoms. The van der Waals surface area contributed by atoms with Crippen molar-refractivity contribution in [3.05, 3.63) is 66.0 Å². The van der Waals surface area contributed by atoms with Crippen molar-refractivity contribution in [2.24, 2.45) is 5.92 Å². The molecule has 4 rings (SSSR count). The topological polar surface area (TPSA) is 83.9 Å². The molecule has 0 saturated heterocycles. The zero-order valence-corrected chi connectivity index (χ0v) is 20.8. The second kappa shape index (κ2) is 15.1. The van der Waals surface area contributed by atoms with E-state index >= 15 is 0 Å². The fourth-order valence-electron chi connectivity index (χ4n) is 3.66. The Balaban J connectivity index is 0.000000431. The van der Waals surface area contributed by atoms with Crippen molar-refractivity contribution in [3.8, 4) is 18.7 Å². The van der Waals surface area contributed by atoms with Crippen molar-refractivity contribution >= 4 is 17.7 Å². The molecular formula is C27H34F2N6O. The maximum atomic E-state index is 13.6. The molecule has 9 heteroatoms. The summed E-state index contributed by atoms with van der Waals surface area (Å²) in [6.07, 6.45) is 19.1. The summed E-state index contributed by atoms with van der Waals surface area (Å²) in [5, 5.41) is 8.35. The smallest absolute Gasteiger partial charge is 0.239 e. The van der Waals surface area contributed by atoms with Crippen LogP contribution in [0.1, 0.15) is 44.6 Å². The van der Waals surface area contributed by atoms with Crippen LogP contribution in [0, 0.1) is 30.4 Å². The van der Waals surface area contributed by atoms with E-state index in [0.717, 1.165) is 18.1 Å². The lowest BCUT2D eigenvalue weighted by molar-refractivity contribution is -0.119. The van der Waals surface area contributed by atoms with Crippen LogP contribution in [0.2, 0.25) is 0 Å². The van der Waals surface area contributed by atoms with Crippen molar-refractivity contribution in [2.45, 2.75) is 45.6 Å². The molecule has 1 aliphatic carbocycles. The highest BCUT2D eigenvalue weighted by molar-refractivity contribution is 5.80. The van der Waals surface area contributed by atoms with E-state index in [4.69, 9.17) is 0 Å². The van der Waals surface area contributed by atoms with Gasteiger partial charge in [0, 0.05) is 43.7 Å². The van der Waals surface area contributed by atoms with E-state index in [2.05, 4.69) is 45.7 Å². The number of hydrogen-bond acceptors (Lipinski definition) is 5. The second-order valence-electron chi connectivity index (χ2n) is 8.38. The first-order valence-electron chi connectivity index (χ1n) is 11.9. The number of amides is 1. The molecule has 0 spiro atoms. The predicted molar refractivity (Wildman–Crippen MR) is 140 cm³/mol. The fourth-order valence-corrected chi connectivity index (χ4v) is 3.66. The third kappa shape index (κ3) is 9.37. The van der Waals surface area contributed by atoms with E-state index in [0.29, 0.717) is 17.6 Å². The van der Waals surface area contributed by atoms with E-state index in [1.54, 1.807) is 13.1 Å². The molecule has 1 saturated carbocycles. The van der Waals surface area contributed by atoms with Crippen molar-refractivity contribution < 1.29 is 13.6 Å². The fraction of sp³-hybridized carbons (Fsp3) is 0.370. The lowest BCUT2D eigenvalue weighted by atomic mass is 9.91. The van der Waals surface area contributed by atoms with E-state index in [1.165, 1.54) is 38.2 Å². The van der Waals surface area contributed by atoms with Crippen molar-refractivity contribution in [2.75, 3.05) is 24.2 Å². The SMILES string of the molecule is C#C.CC1CCCCC1.CNc1nc(NCC(=O)NCc2ccc(F)cc2F)cc(-n2cccc2)n1. The van der Waals surface area contributed by atoms with Gasteiger partial charge in [0.15, 0.2) is 0 Å². The third-order valence-corrected chi connectivity index (χ3v) is 5.62. The number of halogens is 2. The molecule has 0 radical (unpaired) electrons. The monoisotopic (exact) mass is 496 g/mol. The molecule has 2 heterocycles. The number of aromatic nitrogens is 3. The number of rotatable bonds is 7. The zero-order chi connectivity index (χ0) is 26.3. The second-order valence-corrected chi connectivity index (χ2v) is 8.38. The summed E-state index contributed by atoms with van der Waals surface area (Å²) in [5.74, 6) is 0.815. The average Bonchev–Trinajstić information content (AvgIpc) is 3.44. The molecule has 1 amide bonds. The Morgan fingerprint density at radius 1 is 1.08 bits per heavy atom. The van der Waals surface area contributed by atoms with E-state index in [1.807, 2.05) is 29.1 Å². The maximum Gasteiger partial charge on any atom is 0.239 e. The maximum absolute atomic E-state index is 13.6. The molecule has 1 aliphatic rings. The van der Waals surface area contributed by atoms with Crippen molar-refractivity contribution in [1.29, 1.82) is 0 Å². The molecule has 0 atom stereocenters. The molecule has 36 heavy (non-hydrogen) atoms. The predicted octanol–water partition coefficient (Wildman–Crippen LogP) is 5.15. The molecule has 7 nitrogen and oxygen atoms in total. The Bertz CT molecular complexity index is 1090. The molecule has 192 valence electrons. The molecule has 0 aliphatic heterocycles. The van der Waals surface area contributed by atoms with Crippen LogP contribution in [-0.4, -0.2) is 34.0 Å². The number of hydrogen-bond donors (Lipinski definition) is 3. The molecule has 3 N–H and O–H groups in total. The summed E-state index contributed by atoms with van der Waals surface area (Å²) in [6.45, 7) is 2.26. The van der Waals surface area contributed by atoms with Gasteiger partial charge in [-0.1, -0.05) is 45.1 Å². The van der Waals surface area contributed by atoms with Gasteiger partial charge < -0.3 is 20.5 Å². The standard InChI is InChI=1S/C18H18F2N6O.C7H14.C2H2/c1-21-18-24-15(9-16(25-18)26-6-2-3-7-26)22-11-17(27)23-10-12-4-5-13(19)8-14(12)20;1-7-5-3-2-4-6-7;1-2/h2-9H,10-11H2,1H3,(H,23,27)(H2,21,22,24,25);7H,2-6H2,1H3;1-2H. The summed E-state index contributed by atoms with van der Waals surface area (Å²) in [7, 11) is 1.70. The summed E-state index contributed by atoms with van der Waals surface area (Å²) >= 11 is 0. The van der Waals surface area contributed by atoms with Gasteiger partial charge in [-0.05, 0) is 24.1 Å². The van der Waals surface area contributed by atoms with Gasteiger partial charge in [-0.2, -0.15) is 9.97 Å². The Labute approximate surface area is 211 Å². The van der Waals surface area contributed by atoms with Crippen LogP contribution in [0.15, 0.2) is 48.8 Å². The number of terminal acetylenes is 1. The van der Waals surface area contributed by atoms with Gasteiger partial charge in [0.2, 0.25) is 11.9 Å². The van der Waals surface area contributed by atoms with Gasteiger partial charge in [0.05, 0.1) is 6.54 Å². The lowest BCUT2D eigenvalue weighted by Gasteiger charge is -2.15. The number of benzene rings is 1. The molecule has 3 aromatic rings. The first-order valence-corrected chi connectivity index (χ1v) is 11.9. The summed E-state index contributed by atoms with van der Waals surface area (Å²) in [6, 6.07) is 8.67. The van der Waals surface area contributed by atoms with Crippen LogP contribution in [0.4, 0.5) is 20.5 Å². The first kappa shape index (κ1) is 28.3. The van der Waals surface area contributed by atoms with Crippen LogP contribution in [0.3, 0.4) is 0 Å². The minimum Gasteiger partial charge on any atom is -0.361 e. The quantitative estimate of drug-likeness (QED) is 0.394. The molecule has 1 fully saturated rings. The van der Waals surface area contributed by atoms with E-state index in [-0.39, 0.29) is 24.6 Å². The van der Waals surface area contributed by atoms with Crippen LogP contribution < -0.4 is 16.0 Å². The van der Waals surface area contributed by atoms with Crippen LogP contribution in [-0.2, 0) is 11.3 Å². The van der Waals surface area contributed by atoms with Crippen LogP contribution in [0.25, 0.3) is 5.82 Å². The Morgan fingerprint density at radius 3 is 2.36 bits per heavy atom. The van der Waals surface area contributed by atoms with Gasteiger partial charge in [0.25, 0.3) is 0 Å². The molecule has 2 aromatic heterocycles. The lowest BCUT2D eigenvalue weighted by Crippen LogP contribution is -2.30. The van der Waals surface area contributed by atoms with E-state index in [9.17, 15) is 13.6 Å². The number of nitrogens with zero attached hydrogens (tertiary/aromatic N) is 3. The minimum absolute atomic E-state index is 0.0349. The minimum atomic E-state index is -0.700. The molecule has 0 unspecified atom stereocenters. The van der Waals surface area contributed by atoms with Crippen LogP contribution >= 0.6 is 0 Å². The average molecular weight is 497 g/mol. The van der Waals surface area contributed by atoms with Crippen molar-refractivity contribution in [1.82, 2.24) is 19.9 Å². The number of nitrogens with one attached hydrogen (secondary N) is 3. The summed E-state index contributed by atoms with van der Waals surface area (Å²) in [4.78, 5) is 20.6. The molecular weight excluding hydrogens is 462 g/mol. The Kier molecular flexibility index (Phi) is 11.9.